The van der Waals surface area contributed by atoms with Gasteiger partial charge in [0.05, 0.1) is 11.5 Å². The molecule has 0 aromatic rings. The summed E-state index contributed by atoms with van der Waals surface area (Å²) in [5.74, 6) is 0.604. The van der Waals surface area contributed by atoms with Gasteiger partial charge in [0, 0.05) is 18.7 Å². The Labute approximate surface area is 116 Å². The second-order valence-electron chi connectivity index (χ2n) is 6.90. The fourth-order valence-corrected chi connectivity index (χ4v) is 3.41. The third-order valence-corrected chi connectivity index (χ3v) is 4.68. The van der Waals surface area contributed by atoms with Crippen molar-refractivity contribution < 1.29 is 9.53 Å². The quantitative estimate of drug-likeness (QED) is 0.803. The van der Waals surface area contributed by atoms with Gasteiger partial charge in [0.15, 0.2) is 0 Å². The van der Waals surface area contributed by atoms with E-state index in [-0.39, 0.29) is 29.5 Å². The highest BCUT2D eigenvalue weighted by Crippen LogP contribution is 2.29. The van der Waals surface area contributed by atoms with Crippen LogP contribution in [0, 0.1) is 11.8 Å². The van der Waals surface area contributed by atoms with Gasteiger partial charge in [-0.1, -0.05) is 13.3 Å². The standard InChI is InChI=1S/C15H28N2O2/c1-10-5-4-6-12(13(10)16)14(18)17-11-7-8-19-15(2,3)9-11/h10-13H,4-9,16H2,1-3H3,(H,17,18). The number of nitrogens with one attached hydrogen (secondary N) is 1. The van der Waals surface area contributed by atoms with Crippen molar-refractivity contribution in [3.05, 3.63) is 0 Å². The predicted octanol–water partition coefficient (Wildman–Crippen LogP) is 1.82. The molecule has 1 saturated heterocycles. The van der Waals surface area contributed by atoms with E-state index in [0.29, 0.717) is 5.92 Å². The van der Waals surface area contributed by atoms with Gasteiger partial charge >= 0.3 is 0 Å². The first kappa shape index (κ1) is 14.8. The van der Waals surface area contributed by atoms with Crippen molar-refractivity contribution in [3.8, 4) is 0 Å². The molecule has 1 aliphatic carbocycles. The Morgan fingerprint density at radius 2 is 2.05 bits per heavy atom. The Bertz CT molecular complexity index is 330. The predicted molar refractivity (Wildman–Crippen MR) is 75.7 cm³/mol. The molecule has 4 heteroatoms. The third kappa shape index (κ3) is 3.69. The smallest absolute Gasteiger partial charge is 0.224 e. The molecule has 0 bridgehead atoms. The van der Waals surface area contributed by atoms with E-state index in [1.54, 1.807) is 0 Å². The first-order valence-electron chi connectivity index (χ1n) is 7.59. The molecule has 4 nitrogen and oxygen atoms in total. The van der Waals surface area contributed by atoms with Gasteiger partial charge in [-0.3, -0.25) is 4.79 Å². The number of hydrogen-bond acceptors (Lipinski definition) is 3. The van der Waals surface area contributed by atoms with Crippen LogP contribution in [0.5, 0.6) is 0 Å². The molecule has 110 valence electrons. The molecule has 1 aliphatic heterocycles. The summed E-state index contributed by atoms with van der Waals surface area (Å²) in [5.41, 5.74) is 6.07. The van der Waals surface area contributed by atoms with E-state index in [1.807, 2.05) is 0 Å². The highest BCUT2D eigenvalue weighted by Gasteiger charge is 2.35. The summed E-state index contributed by atoms with van der Waals surface area (Å²) in [7, 11) is 0. The van der Waals surface area contributed by atoms with Gasteiger partial charge in [0.25, 0.3) is 0 Å². The van der Waals surface area contributed by atoms with Crippen LogP contribution < -0.4 is 11.1 Å². The zero-order valence-electron chi connectivity index (χ0n) is 12.4. The van der Waals surface area contributed by atoms with E-state index in [4.69, 9.17) is 10.5 Å². The molecule has 1 saturated carbocycles. The number of carbonyl (C=O) groups is 1. The van der Waals surface area contributed by atoms with Crippen LogP contribution in [-0.2, 0) is 9.53 Å². The maximum absolute atomic E-state index is 12.4. The van der Waals surface area contributed by atoms with Crippen LogP contribution in [0.15, 0.2) is 0 Å². The van der Waals surface area contributed by atoms with Gasteiger partial charge in [0.1, 0.15) is 0 Å². The summed E-state index contributed by atoms with van der Waals surface area (Å²) in [6.45, 7) is 7.05. The van der Waals surface area contributed by atoms with Crippen molar-refractivity contribution >= 4 is 5.91 Å². The molecule has 19 heavy (non-hydrogen) atoms. The Morgan fingerprint density at radius 1 is 1.32 bits per heavy atom. The van der Waals surface area contributed by atoms with Crippen molar-refractivity contribution in [3.63, 3.8) is 0 Å². The molecule has 0 radical (unpaired) electrons. The molecule has 2 aliphatic rings. The second kappa shape index (κ2) is 5.80. The van der Waals surface area contributed by atoms with Gasteiger partial charge in [-0.25, -0.2) is 0 Å². The maximum Gasteiger partial charge on any atom is 0.224 e. The molecule has 3 N–H and O–H groups in total. The lowest BCUT2D eigenvalue weighted by Crippen LogP contribution is -2.52. The summed E-state index contributed by atoms with van der Waals surface area (Å²) < 4.78 is 5.68. The number of amides is 1. The van der Waals surface area contributed by atoms with Gasteiger partial charge in [0.2, 0.25) is 5.91 Å². The summed E-state index contributed by atoms with van der Waals surface area (Å²) in [5, 5.41) is 3.20. The monoisotopic (exact) mass is 268 g/mol. The van der Waals surface area contributed by atoms with E-state index in [2.05, 4.69) is 26.1 Å². The SMILES string of the molecule is CC1CCCC(C(=O)NC2CCOC(C)(C)C2)C1N. The summed E-state index contributed by atoms with van der Waals surface area (Å²) in [4.78, 5) is 12.4. The first-order valence-corrected chi connectivity index (χ1v) is 7.59. The first-order chi connectivity index (χ1) is 8.89. The van der Waals surface area contributed by atoms with E-state index in [9.17, 15) is 4.79 Å². The van der Waals surface area contributed by atoms with Crippen LogP contribution in [0.3, 0.4) is 0 Å². The highest BCUT2D eigenvalue weighted by atomic mass is 16.5. The van der Waals surface area contributed by atoms with Gasteiger partial charge < -0.3 is 15.8 Å². The minimum absolute atomic E-state index is 0.00490. The topological polar surface area (TPSA) is 64.3 Å². The Balaban J connectivity index is 1.90. The third-order valence-electron chi connectivity index (χ3n) is 4.68. The zero-order chi connectivity index (χ0) is 14.0. The lowest BCUT2D eigenvalue weighted by atomic mass is 9.77. The highest BCUT2D eigenvalue weighted by molar-refractivity contribution is 5.79. The van der Waals surface area contributed by atoms with E-state index in [1.165, 1.54) is 0 Å². The largest absolute Gasteiger partial charge is 0.375 e. The lowest BCUT2D eigenvalue weighted by molar-refractivity contribution is -0.130. The number of ether oxygens (including phenoxy) is 1. The normalized spacial score (nSPS) is 38.7. The average Bonchev–Trinajstić information content (AvgIpc) is 2.31. The molecule has 2 rings (SSSR count). The van der Waals surface area contributed by atoms with Crippen molar-refractivity contribution in [1.82, 2.24) is 5.32 Å². The number of nitrogens with two attached hydrogens (primary N) is 1. The number of carbonyl (C=O) groups excluding carboxylic acids is 1. The molecular formula is C15H28N2O2. The average molecular weight is 268 g/mol. The molecule has 1 amide bonds. The van der Waals surface area contributed by atoms with Crippen LogP contribution in [0.1, 0.15) is 52.9 Å². The fourth-order valence-electron chi connectivity index (χ4n) is 3.41. The Morgan fingerprint density at radius 3 is 2.74 bits per heavy atom. The van der Waals surface area contributed by atoms with Gasteiger partial charge in [-0.2, -0.15) is 0 Å². The number of rotatable bonds is 2. The van der Waals surface area contributed by atoms with Crippen LogP contribution in [0.2, 0.25) is 0 Å². The van der Waals surface area contributed by atoms with Crippen LogP contribution in [0.4, 0.5) is 0 Å². The summed E-state index contributed by atoms with van der Waals surface area (Å²) in [6, 6.07) is 0.252. The molecule has 0 spiro atoms. The van der Waals surface area contributed by atoms with E-state index in [0.717, 1.165) is 38.7 Å². The molecule has 0 aromatic carbocycles. The van der Waals surface area contributed by atoms with E-state index < -0.39 is 0 Å². The summed E-state index contributed by atoms with van der Waals surface area (Å²) in [6.07, 6.45) is 4.99. The maximum atomic E-state index is 12.4. The van der Waals surface area contributed by atoms with Crippen LogP contribution in [-0.4, -0.2) is 30.2 Å². The number of hydrogen-bond donors (Lipinski definition) is 2. The van der Waals surface area contributed by atoms with Crippen molar-refractivity contribution in [2.75, 3.05) is 6.61 Å². The van der Waals surface area contributed by atoms with Crippen LogP contribution in [0.25, 0.3) is 0 Å². The second-order valence-corrected chi connectivity index (χ2v) is 6.90. The van der Waals surface area contributed by atoms with Crippen molar-refractivity contribution in [1.29, 1.82) is 0 Å². The molecular weight excluding hydrogens is 240 g/mol. The molecule has 4 unspecified atom stereocenters. The Kier molecular flexibility index (Phi) is 4.51. The minimum Gasteiger partial charge on any atom is -0.375 e. The van der Waals surface area contributed by atoms with Gasteiger partial charge in [-0.15, -0.1) is 0 Å². The molecule has 1 heterocycles. The van der Waals surface area contributed by atoms with E-state index >= 15 is 0 Å². The molecule has 2 fully saturated rings. The van der Waals surface area contributed by atoms with Crippen molar-refractivity contribution in [2.24, 2.45) is 17.6 Å². The van der Waals surface area contributed by atoms with Crippen LogP contribution >= 0.6 is 0 Å². The lowest BCUT2D eigenvalue weighted by Gasteiger charge is -2.38. The fraction of sp³-hybridized carbons (Fsp3) is 0.933. The zero-order valence-corrected chi connectivity index (χ0v) is 12.4. The molecule has 4 atom stereocenters. The minimum atomic E-state index is -0.127. The summed E-state index contributed by atoms with van der Waals surface area (Å²) >= 11 is 0. The van der Waals surface area contributed by atoms with Gasteiger partial charge in [-0.05, 0) is 45.4 Å². The van der Waals surface area contributed by atoms with Crippen molar-refractivity contribution in [2.45, 2.75) is 70.6 Å². The molecule has 0 aromatic heterocycles. The Hall–Kier alpha value is -0.610.